The van der Waals surface area contributed by atoms with Gasteiger partial charge in [-0.15, -0.1) is 0 Å². The summed E-state index contributed by atoms with van der Waals surface area (Å²) in [7, 11) is 0. The van der Waals surface area contributed by atoms with Crippen molar-refractivity contribution < 1.29 is 155 Å². The molecule has 3 aliphatic heterocycles. The Bertz CT molecular complexity index is 2600. The van der Waals surface area contributed by atoms with E-state index in [1.165, 1.54) is 5.56 Å². The van der Waals surface area contributed by atoms with Crippen molar-refractivity contribution in [1.29, 1.82) is 0 Å². The van der Waals surface area contributed by atoms with Crippen LogP contribution in [0.5, 0.6) is 0 Å². The molecule has 15 atom stereocenters. The first-order valence-corrected chi connectivity index (χ1v) is 38.4. The number of amides is 5. The summed E-state index contributed by atoms with van der Waals surface area (Å²) in [5.41, 5.74) is 0.740. The first kappa shape index (κ1) is 96.6. The van der Waals surface area contributed by atoms with Crippen LogP contribution in [0.3, 0.4) is 0 Å². The second kappa shape index (κ2) is 58.0. The van der Waals surface area contributed by atoms with Gasteiger partial charge in [0.2, 0.25) is 29.5 Å². The Balaban J connectivity index is 1.05. The highest BCUT2D eigenvalue weighted by Gasteiger charge is 2.45. The van der Waals surface area contributed by atoms with E-state index in [-0.39, 0.29) is 234 Å². The van der Waals surface area contributed by atoms with E-state index in [9.17, 15) is 64.8 Å². The zero-order valence-electron chi connectivity index (χ0n) is 64.7. The van der Waals surface area contributed by atoms with Gasteiger partial charge in [-0.25, -0.2) is 9.78 Å². The fraction of sp³-hybridized carbons (Fsp3) is 0.822. The lowest BCUT2D eigenvalue weighted by molar-refractivity contribution is -0.303. The first-order valence-electron chi connectivity index (χ1n) is 38.4. The van der Waals surface area contributed by atoms with Crippen LogP contribution >= 0.6 is 0 Å². The molecule has 0 radical (unpaired) electrons. The number of hydrogen-bond acceptors (Lipinski definition) is 32. The Morgan fingerprint density at radius 2 is 0.766 bits per heavy atom. The molecule has 0 aliphatic carbocycles. The van der Waals surface area contributed by atoms with Crippen molar-refractivity contribution in [2.24, 2.45) is 17.8 Å². The van der Waals surface area contributed by atoms with Gasteiger partial charge in [0.05, 0.1) is 196 Å². The summed E-state index contributed by atoms with van der Waals surface area (Å²) in [6, 6.07) is 8.03. The average Bonchev–Trinajstić information content (AvgIpc) is 1.84. The zero-order chi connectivity index (χ0) is 80.3. The van der Waals surface area contributed by atoms with E-state index in [4.69, 9.17) is 90.3 Å². The Labute approximate surface area is 648 Å². The van der Waals surface area contributed by atoms with Crippen LogP contribution in [-0.2, 0) is 121 Å². The fourth-order valence-corrected chi connectivity index (χ4v) is 11.7. The van der Waals surface area contributed by atoms with Gasteiger partial charge in [0.25, 0.3) is 0 Å². The second-order valence-electron chi connectivity index (χ2n) is 26.9. The van der Waals surface area contributed by atoms with Crippen LogP contribution in [0, 0.1) is 17.8 Å². The summed E-state index contributed by atoms with van der Waals surface area (Å²) in [6.07, 6.45) is -7.56. The molecule has 1 aromatic heterocycles. The van der Waals surface area contributed by atoms with Gasteiger partial charge in [-0.3, -0.25) is 24.0 Å². The lowest BCUT2D eigenvalue weighted by Gasteiger charge is -2.41. The molecular formula is C73H126N6O32. The molecule has 0 spiro atoms. The van der Waals surface area contributed by atoms with Gasteiger partial charge in [-0.05, 0) is 30.9 Å². The van der Waals surface area contributed by atoms with Gasteiger partial charge in [0, 0.05) is 86.7 Å². The van der Waals surface area contributed by atoms with Crippen molar-refractivity contribution in [1.82, 2.24) is 31.6 Å². The number of aromatic amines is 1. The molecule has 4 heterocycles. The largest absolute Gasteiger partial charge is 0.394 e. The van der Waals surface area contributed by atoms with Gasteiger partial charge >= 0.3 is 0 Å². The van der Waals surface area contributed by atoms with Crippen molar-refractivity contribution in [2.45, 2.75) is 152 Å². The number of fused-ring (bicyclic) bond motifs is 1. The molecule has 38 nitrogen and oxygen atoms in total. The minimum atomic E-state index is -1.49. The third-order valence-electron chi connectivity index (χ3n) is 18.1. The topological polar surface area (TPSA) is 499 Å². The third kappa shape index (κ3) is 38.6. The maximum atomic E-state index is 13.8. The van der Waals surface area contributed by atoms with Crippen LogP contribution in [-0.4, -0.2) is 372 Å². The molecule has 1 aromatic carbocycles. The van der Waals surface area contributed by atoms with Crippen molar-refractivity contribution in [2.75, 3.05) is 218 Å². The third-order valence-corrected chi connectivity index (χ3v) is 18.1. The van der Waals surface area contributed by atoms with Crippen LogP contribution in [0.25, 0.3) is 10.9 Å². The Morgan fingerprint density at radius 1 is 0.414 bits per heavy atom. The van der Waals surface area contributed by atoms with E-state index in [0.29, 0.717) is 25.8 Å². The standard InChI is InChI=1S/C73H126N6O32/c1-5-56-67(90)64(87)50(2)70(109-56)104-38-33-97-30-27-93-23-17-75-60(83)13-20-101-47-73(48-102-21-14-61(84)76-18-24-94-28-31-98-34-39-105-71-51(3)65(88)68(91)57(44-80)110-71,49-103-22-15-62(85)77-19-25-95-29-32-99-35-40-106-72-52(4)66(89)69(92)58(45-81)111-72)79-63(86)46-100-37-42-108-107-41-36-96-26-16-74-59(82)12-8-9-53-43-78-55-11-7-6-10-54(53)55/h6-7,10-11,43,50-52,56-58,64-72,78,80-81,87-92H,5,8-9,12-42,44-49H2,1-4H3,(H,74,82)(H,75,83)(H,76,84)(H,77,85)(H,79,86). The van der Waals surface area contributed by atoms with E-state index in [1.54, 1.807) is 20.8 Å². The number of carbonyl (C=O) groups is 5. The minimum Gasteiger partial charge on any atom is -0.394 e. The predicted octanol–water partition coefficient (Wildman–Crippen LogP) is -3.20. The Kier molecular flexibility index (Phi) is 50.5. The summed E-state index contributed by atoms with van der Waals surface area (Å²) in [6.45, 7) is 8.22. The van der Waals surface area contributed by atoms with Gasteiger partial charge in [-0.2, -0.15) is 0 Å². The number of H-pyrrole nitrogens is 1. The Hall–Kier alpha value is -4.97. The highest BCUT2D eigenvalue weighted by atomic mass is 17.2. The number of ether oxygens (including phenoxy) is 17. The van der Waals surface area contributed by atoms with Gasteiger partial charge in [0.1, 0.15) is 55.9 Å². The van der Waals surface area contributed by atoms with Crippen LogP contribution in [0.4, 0.5) is 0 Å². The molecule has 15 unspecified atom stereocenters. The first-order chi connectivity index (χ1) is 53.8. The second-order valence-corrected chi connectivity index (χ2v) is 26.9. The normalized spacial score (nSPS) is 24.7. The predicted molar refractivity (Wildman–Crippen MR) is 391 cm³/mol. The Morgan fingerprint density at radius 3 is 1.17 bits per heavy atom. The number of aliphatic hydroxyl groups is 8. The molecule has 14 N–H and O–H groups in total. The number of hydrogen-bond donors (Lipinski definition) is 14. The molecule has 38 heteroatoms. The molecule has 0 bridgehead atoms. The van der Waals surface area contributed by atoms with Crippen LogP contribution in [0.15, 0.2) is 30.5 Å². The summed E-state index contributed by atoms with van der Waals surface area (Å²) in [5.74, 6) is -3.33. The highest BCUT2D eigenvalue weighted by molar-refractivity contribution is 5.83. The molecule has 3 saturated heterocycles. The lowest BCUT2D eigenvalue weighted by atomic mass is 9.91. The zero-order valence-corrected chi connectivity index (χ0v) is 64.7. The van der Waals surface area contributed by atoms with Crippen molar-refractivity contribution in [3.05, 3.63) is 36.0 Å². The molecule has 5 rings (SSSR count). The molecule has 640 valence electrons. The van der Waals surface area contributed by atoms with Gasteiger partial charge < -0.3 is 153 Å². The molecule has 2 aromatic rings. The highest BCUT2D eigenvalue weighted by Crippen LogP contribution is 2.30. The monoisotopic (exact) mass is 1600 g/mol. The van der Waals surface area contributed by atoms with Crippen molar-refractivity contribution in [3.8, 4) is 0 Å². The number of aromatic nitrogens is 1. The number of benzene rings is 1. The molecule has 3 aliphatic rings. The van der Waals surface area contributed by atoms with Crippen LogP contribution < -0.4 is 26.6 Å². The lowest BCUT2D eigenvalue weighted by Crippen LogP contribution is -2.59. The number of carbonyl (C=O) groups excluding carboxylic acids is 5. The number of aliphatic hydroxyl groups excluding tert-OH is 8. The SMILES string of the molecule is CCC1OC(OCCOCCOCCNC(=O)CCOCC(COCCC(=O)NCCOCCOCCOC2OC(CO)C(O)C(O)C2C)(COCCC(=O)NCCOCCOCCOC2OC(CO)C(O)C(O)C2C)NC(=O)COCCOOCCOCCNC(=O)CCCc2c[nH]c3ccccc23)C(C)C(O)C1O. The molecular weight excluding hydrogens is 1470 g/mol. The summed E-state index contributed by atoms with van der Waals surface area (Å²) < 4.78 is 96.8. The van der Waals surface area contributed by atoms with Crippen LogP contribution in [0.1, 0.15) is 71.8 Å². The minimum absolute atomic E-state index is 0.0625. The number of rotatable bonds is 65. The number of para-hydroxylation sites is 1. The van der Waals surface area contributed by atoms with Gasteiger partial charge in [-0.1, -0.05) is 45.9 Å². The molecule has 111 heavy (non-hydrogen) atoms. The molecule has 0 saturated carbocycles. The summed E-state index contributed by atoms with van der Waals surface area (Å²) in [4.78, 5) is 78.8. The van der Waals surface area contributed by atoms with E-state index in [1.807, 2.05) is 31.3 Å². The van der Waals surface area contributed by atoms with E-state index in [0.717, 1.165) is 17.3 Å². The van der Waals surface area contributed by atoms with E-state index in [2.05, 4.69) is 37.6 Å². The number of aryl methyl sites for hydroxylation is 1. The summed E-state index contributed by atoms with van der Waals surface area (Å²) in [5, 5.41) is 95.4. The smallest absolute Gasteiger partial charge is 0.246 e. The average molecular weight is 1600 g/mol. The fourth-order valence-electron chi connectivity index (χ4n) is 11.7. The summed E-state index contributed by atoms with van der Waals surface area (Å²) >= 11 is 0. The quantitative estimate of drug-likeness (QED) is 0.0176. The van der Waals surface area contributed by atoms with Crippen molar-refractivity contribution in [3.63, 3.8) is 0 Å². The van der Waals surface area contributed by atoms with E-state index < -0.39 is 123 Å². The molecule has 5 amide bonds. The van der Waals surface area contributed by atoms with Crippen LogP contribution in [0.2, 0.25) is 0 Å². The van der Waals surface area contributed by atoms with Crippen molar-refractivity contribution >= 4 is 40.4 Å². The van der Waals surface area contributed by atoms with E-state index >= 15 is 0 Å². The maximum Gasteiger partial charge on any atom is 0.246 e. The molecule has 3 fully saturated rings. The number of nitrogens with one attached hydrogen (secondary N) is 6. The maximum absolute atomic E-state index is 13.8. The van der Waals surface area contributed by atoms with Gasteiger partial charge in [0.15, 0.2) is 18.9 Å².